The van der Waals surface area contributed by atoms with Gasteiger partial charge in [-0.05, 0) is 31.7 Å². The highest BCUT2D eigenvalue weighted by Crippen LogP contribution is 2.29. The maximum Gasteiger partial charge on any atom is 0.312 e. The van der Waals surface area contributed by atoms with Crippen LogP contribution in [0.1, 0.15) is 44.1 Å². The van der Waals surface area contributed by atoms with Crippen LogP contribution in [0.2, 0.25) is 0 Å². The van der Waals surface area contributed by atoms with E-state index in [1.54, 1.807) is 0 Å². The molecule has 2 nitrogen and oxygen atoms in total. The van der Waals surface area contributed by atoms with Gasteiger partial charge in [-0.3, -0.25) is 4.79 Å². The van der Waals surface area contributed by atoms with Gasteiger partial charge in [0.2, 0.25) is 0 Å². The number of benzene rings is 1. The van der Waals surface area contributed by atoms with Crippen LogP contribution in [0.25, 0.3) is 0 Å². The molecule has 2 atom stereocenters. The first-order valence-corrected chi connectivity index (χ1v) is 7.61. The van der Waals surface area contributed by atoms with Gasteiger partial charge in [0.1, 0.15) is 0 Å². The molecular weight excluding hydrogens is 304 g/mol. The number of alkyl halides is 1. The van der Waals surface area contributed by atoms with Gasteiger partial charge in [-0.15, -0.1) is 0 Å². The molecule has 0 radical (unpaired) electrons. The van der Waals surface area contributed by atoms with E-state index in [0.29, 0.717) is 0 Å². The largest absolute Gasteiger partial charge is 0.481 e. The van der Waals surface area contributed by atoms with Crippen molar-refractivity contribution in [2.75, 3.05) is 0 Å². The van der Waals surface area contributed by atoms with Crippen LogP contribution < -0.4 is 0 Å². The fourth-order valence-electron chi connectivity index (χ4n) is 2.10. The molecule has 2 unspecified atom stereocenters. The summed E-state index contributed by atoms with van der Waals surface area (Å²) >= 11 is 3.55. The van der Waals surface area contributed by atoms with Gasteiger partial charge in [-0.25, -0.2) is 0 Å². The van der Waals surface area contributed by atoms with Crippen molar-refractivity contribution >= 4 is 21.9 Å². The molecule has 0 fully saturated rings. The molecule has 0 bridgehead atoms. The molecule has 19 heavy (non-hydrogen) atoms. The Kier molecular flexibility index (Phi) is 7.49. The molecule has 104 valence electrons. The molecule has 1 aromatic rings. The van der Waals surface area contributed by atoms with Crippen molar-refractivity contribution in [3.05, 3.63) is 48.0 Å². The second-order valence-electron chi connectivity index (χ2n) is 4.60. The van der Waals surface area contributed by atoms with E-state index in [1.807, 2.05) is 37.3 Å². The molecule has 0 aliphatic heterocycles. The lowest BCUT2D eigenvalue weighted by Crippen LogP contribution is -2.21. The average Bonchev–Trinajstić information content (AvgIpc) is 2.39. The second-order valence-corrected chi connectivity index (χ2v) is 5.77. The summed E-state index contributed by atoms with van der Waals surface area (Å²) in [5, 5.41) is 9.40. The maximum absolute atomic E-state index is 11.4. The van der Waals surface area contributed by atoms with E-state index in [9.17, 15) is 9.90 Å². The topological polar surface area (TPSA) is 37.3 Å². The molecular formula is C16H21BrO2. The van der Waals surface area contributed by atoms with Crippen LogP contribution >= 0.6 is 15.9 Å². The van der Waals surface area contributed by atoms with E-state index >= 15 is 0 Å². The summed E-state index contributed by atoms with van der Waals surface area (Å²) in [6.45, 7) is 2.02. The summed E-state index contributed by atoms with van der Waals surface area (Å²) in [6, 6.07) is 9.44. The summed E-state index contributed by atoms with van der Waals surface area (Å²) in [4.78, 5) is 11.4. The van der Waals surface area contributed by atoms with Gasteiger partial charge >= 0.3 is 5.97 Å². The molecule has 0 aliphatic carbocycles. The van der Waals surface area contributed by atoms with Gasteiger partial charge in [0, 0.05) is 4.83 Å². The molecule has 0 aromatic heterocycles. The molecule has 1 aromatic carbocycles. The molecule has 3 heteroatoms. The number of carboxylic acids is 1. The van der Waals surface area contributed by atoms with E-state index in [2.05, 4.69) is 28.1 Å². The Morgan fingerprint density at radius 3 is 2.58 bits per heavy atom. The van der Waals surface area contributed by atoms with Crippen LogP contribution in [-0.4, -0.2) is 15.9 Å². The zero-order valence-electron chi connectivity index (χ0n) is 11.3. The van der Waals surface area contributed by atoms with E-state index < -0.39 is 11.9 Å². The third kappa shape index (κ3) is 5.60. The van der Waals surface area contributed by atoms with Gasteiger partial charge in [-0.2, -0.15) is 0 Å². The molecule has 0 spiro atoms. The van der Waals surface area contributed by atoms with E-state index in [0.717, 1.165) is 31.2 Å². The van der Waals surface area contributed by atoms with Gasteiger partial charge in [0.05, 0.1) is 5.92 Å². The predicted molar refractivity (Wildman–Crippen MR) is 82.8 cm³/mol. The minimum atomic E-state index is -0.762. The summed E-state index contributed by atoms with van der Waals surface area (Å²) < 4.78 is 0. The molecule has 0 aliphatic rings. The second kappa shape index (κ2) is 8.92. The van der Waals surface area contributed by atoms with Gasteiger partial charge in [0.15, 0.2) is 0 Å². The minimum Gasteiger partial charge on any atom is -0.481 e. The first-order chi connectivity index (χ1) is 9.16. The predicted octanol–water partition coefficient (Wildman–Crippen LogP) is 4.75. The number of halogens is 1. The fraction of sp³-hybridized carbons (Fsp3) is 0.438. The number of hydrogen-bond donors (Lipinski definition) is 1. The standard InChI is InChI=1S/C16H21BrO2/c1-2-3-4-5-9-12-14(17)15(16(18)19)13-10-7-6-8-11-13/h2-3,6-8,10-11,14-15H,4-5,9,12H2,1H3,(H,18,19). The third-order valence-electron chi connectivity index (χ3n) is 3.12. The zero-order valence-corrected chi connectivity index (χ0v) is 12.8. The van der Waals surface area contributed by atoms with Crippen molar-refractivity contribution in [3.8, 4) is 0 Å². The first-order valence-electron chi connectivity index (χ1n) is 6.69. The van der Waals surface area contributed by atoms with Gasteiger partial charge in [0.25, 0.3) is 0 Å². The third-order valence-corrected chi connectivity index (χ3v) is 4.11. The lowest BCUT2D eigenvalue weighted by Gasteiger charge is -2.19. The quantitative estimate of drug-likeness (QED) is 0.425. The van der Waals surface area contributed by atoms with Crippen molar-refractivity contribution < 1.29 is 9.90 Å². The summed E-state index contributed by atoms with van der Waals surface area (Å²) in [7, 11) is 0. The zero-order chi connectivity index (χ0) is 14.1. The highest BCUT2D eigenvalue weighted by Gasteiger charge is 2.27. The van der Waals surface area contributed by atoms with Gasteiger partial charge in [-0.1, -0.05) is 64.8 Å². The highest BCUT2D eigenvalue weighted by molar-refractivity contribution is 9.09. The smallest absolute Gasteiger partial charge is 0.312 e. The molecule has 0 heterocycles. The number of carboxylic acid groups (broad SMARTS) is 1. The fourth-order valence-corrected chi connectivity index (χ4v) is 2.96. The van der Waals surface area contributed by atoms with E-state index in [1.165, 1.54) is 0 Å². The van der Waals surface area contributed by atoms with Crippen molar-refractivity contribution in [1.82, 2.24) is 0 Å². The van der Waals surface area contributed by atoms with Crippen LogP contribution in [0.5, 0.6) is 0 Å². The number of unbranched alkanes of at least 4 members (excludes halogenated alkanes) is 2. The monoisotopic (exact) mass is 324 g/mol. The van der Waals surface area contributed by atoms with Crippen LogP contribution in [0.4, 0.5) is 0 Å². The number of allylic oxidation sites excluding steroid dienone is 2. The van der Waals surface area contributed by atoms with Gasteiger partial charge < -0.3 is 5.11 Å². The molecule has 0 amide bonds. The Morgan fingerprint density at radius 1 is 1.32 bits per heavy atom. The van der Waals surface area contributed by atoms with Crippen molar-refractivity contribution in [2.45, 2.75) is 43.4 Å². The molecule has 0 saturated heterocycles. The van der Waals surface area contributed by atoms with Crippen LogP contribution in [-0.2, 0) is 4.79 Å². The van der Waals surface area contributed by atoms with E-state index in [-0.39, 0.29) is 4.83 Å². The number of carbonyl (C=O) groups is 1. The average molecular weight is 325 g/mol. The minimum absolute atomic E-state index is 0.0157. The van der Waals surface area contributed by atoms with Crippen molar-refractivity contribution in [3.63, 3.8) is 0 Å². The molecule has 1 rings (SSSR count). The van der Waals surface area contributed by atoms with Crippen LogP contribution in [0, 0.1) is 0 Å². The maximum atomic E-state index is 11.4. The van der Waals surface area contributed by atoms with Crippen LogP contribution in [0.15, 0.2) is 42.5 Å². The Morgan fingerprint density at radius 2 is 2.00 bits per heavy atom. The number of hydrogen-bond acceptors (Lipinski definition) is 1. The molecule has 1 N–H and O–H groups in total. The Bertz CT molecular complexity index is 400. The van der Waals surface area contributed by atoms with Crippen LogP contribution in [0.3, 0.4) is 0 Å². The first kappa shape index (κ1) is 16.0. The van der Waals surface area contributed by atoms with E-state index in [4.69, 9.17) is 0 Å². The van der Waals surface area contributed by atoms with Crippen molar-refractivity contribution in [2.24, 2.45) is 0 Å². The molecule has 0 saturated carbocycles. The van der Waals surface area contributed by atoms with Crippen molar-refractivity contribution in [1.29, 1.82) is 0 Å². The SMILES string of the molecule is CC=CCCCCC(Br)C(C(=O)O)c1ccccc1. The summed E-state index contributed by atoms with van der Waals surface area (Å²) in [5.74, 6) is -1.23. The Hall–Kier alpha value is -1.09. The summed E-state index contributed by atoms with van der Waals surface area (Å²) in [6.07, 6.45) is 8.29. The number of aliphatic carboxylic acids is 1. The Balaban J connectivity index is 2.55. The normalized spacial score (nSPS) is 14.4. The highest BCUT2D eigenvalue weighted by atomic mass is 79.9. The summed E-state index contributed by atoms with van der Waals surface area (Å²) in [5.41, 5.74) is 0.866. The number of rotatable bonds is 8. The Labute approximate surface area is 123 Å². The lowest BCUT2D eigenvalue weighted by molar-refractivity contribution is -0.138. The lowest BCUT2D eigenvalue weighted by atomic mass is 9.93.